The topological polar surface area (TPSA) is 44.5 Å². The number of hydrogen-bond acceptors (Lipinski definition) is 3. The van der Waals surface area contributed by atoms with Crippen molar-refractivity contribution in [2.45, 2.75) is 12.2 Å². The van der Waals surface area contributed by atoms with E-state index in [1.807, 2.05) is 0 Å². The molecule has 1 atom stereocenters. The molecule has 0 saturated carbocycles. The zero-order valence-corrected chi connectivity index (χ0v) is 11.9. The van der Waals surface area contributed by atoms with Crippen LogP contribution in [-0.4, -0.2) is 13.7 Å². The summed E-state index contributed by atoms with van der Waals surface area (Å²) in [6, 6.07) is 11.2. The van der Waals surface area contributed by atoms with E-state index in [4.69, 9.17) is 15.2 Å². The minimum atomic E-state index is -4.45. The average Bonchev–Trinajstić information content (AvgIpc) is 2.52. The number of ether oxygens (including phenoxy) is 2. The van der Waals surface area contributed by atoms with E-state index in [0.717, 1.165) is 6.07 Å². The number of benzene rings is 2. The molecule has 6 heteroatoms. The summed E-state index contributed by atoms with van der Waals surface area (Å²) in [6.07, 6.45) is -4.45. The molecule has 0 bridgehead atoms. The van der Waals surface area contributed by atoms with E-state index in [9.17, 15) is 13.2 Å². The Kier molecular flexibility index (Phi) is 4.92. The summed E-state index contributed by atoms with van der Waals surface area (Å²) in [5.74, 6) is 0.934. The van der Waals surface area contributed by atoms with Crippen molar-refractivity contribution in [2.24, 2.45) is 5.73 Å². The van der Waals surface area contributed by atoms with Crippen LogP contribution in [-0.2, 0) is 6.18 Å². The lowest BCUT2D eigenvalue weighted by molar-refractivity contribution is -0.138. The van der Waals surface area contributed by atoms with Gasteiger partial charge in [-0.05, 0) is 23.8 Å². The molecular formula is C16H16F3NO2. The van der Waals surface area contributed by atoms with Gasteiger partial charge in [0.15, 0.2) is 11.5 Å². The van der Waals surface area contributed by atoms with Gasteiger partial charge in [-0.25, -0.2) is 0 Å². The lowest BCUT2D eigenvalue weighted by Crippen LogP contribution is -2.23. The van der Waals surface area contributed by atoms with Crippen molar-refractivity contribution in [1.29, 1.82) is 0 Å². The number of hydrogen-bond donors (Lipinski definition) is 1. The number of nitrogens with two attached hydrogens (primary N) is 1. The van der Waals surface area contributed by atoms with Crippen molar-refractivity contribution < 1.29 is 22.6 Å². The normalized spacial score (nSPS) is 12.8. The Hall–Kier alpha value is -2.21. The van der Waals surface area contributed by atoms with Gasteiger partial charge < -0.3 is 15.2 Å². The standard InChI is InChI=1S/C16H16F3NO2/c1-21-14-8-4-5-9-15(14)22-10-13(20)11-6-2-3-7-12(11)16(17,18)19/h2-9,13H,10,20H2,1H3. The van der Waals surface area contributed by atoms with Gasteiger partial charge in [0.2, 0.25) is 0 Å². The molecule has 3 nitrogen and oxygen atoms in total. The van der Waals surface area contributed by atoms with Crippen LogP contribution in [0.1, 0.15) is 17.2 Å². The van der Waals surface area contributed by atoms with E-state index in [2.05, 4.69) is 0 Å². The fourth-order valence-corrected chi connectivity index (χ4v) is 2.09. The quantitative estimate of drug-likeness (QED) is 0.913. The summed E-state index contributed by atoms with van der Waals surface area (Å²) in [7, 11) is 1.49. The monoisotopic (exact) mass is 311 g/mol. The first-order chi connectivity index (χ1) is 10.4. The van der Waals surface area contributed by atoms with Gasteiger partial charge in [-0.15, -0.1) is 0 Å². The van der Waals surface area contributed by atoms with Crippen molar-refractivity contribution in [3.05, 3.63) is 59.7 Å². The highest BCUT2D eigenvalue weighted by atomic mass is 19.4. The van der Waals surface area contributed by atoms with Gasteiger partial charge >= 0.3 is 6.18 Å². The number of para-hydroxylation sites is 2. The van der Waals surface area contributed by atoms with Crippen LogP contribution in [0.4, 0.5) is 13.2 Å². The summed E-state index contributed by atoms with van der Waals surface area (Å²) in [4.78, 5) is 0. The van der Waals surface area contributed by atoms with Gasteiger partial charge in [0.05, 0.1) is 18.7 Å². The SMILES string of the molecule is COc1ccccc1OCC(N)c1ccccc1C(F)(F)F. The third-order valence-corrected chi connectivity index (χ3v) is 3.15. The second kappa shape index (κ2) is 6.70. The summed E-state index contributed by atoms with van der Waals surface area (Å²) in [5, 5.41) is 0. The minimum absolute atomic E-state index is 0.00454. The first-order valence-corrected chi connectivity index (χ1v) is 6.61. The second-order valence-electron chi connectivity index (χ2n) is 4.65. The smallest absolute Gasteiger partial charge is 0.416 e. The molecule has 0 spiro atoms. The molecule has 0 saturated heterocycles. The van der Waals surface area contributed by atoms with E-state index in [0.29, 0.717) is 11.5 Å². The Bertz CT molecular complexity index is 629. The van der Waals surface area contributed by atoms with Crippen LogP contribution in [0.2, 0.25) is 0 Å². The van der Waals surface area contributed by atoms with Gasteiger partial charge in [0.1, 0.15) is 6.61 Å². The molecule has 22 heavy (non-hydrogen) atoms. The van der Waals surface area contributed by atoms with Gasteiger partial charge in [-0.1, -0.05) is 30.3 Å². The van der Waals surface area contributed by atoms with Crippen LogP contribution >= 0.6 is 0 Å². The maximum Gasteiger partial charge on any atom is 0.416 e. The molecule has 0 aliphatic rings. The van der Waals surface area contributed by atoms with Gasteiger partial charge in [0, 0.05) is 0 Å². The van der Waals surface area contributed by atoms with Crippen LogP contribution in [0, 0.1) is 0 Å². The predicted molar refractivity (Wildman–Crippen MR) is 76.9 cm³/mol. The van der Waals surface area contributed by atoms with Crippen molar-refractivity contribution in [3.63, 3.8) is 0 Å². The van der Waals surface area contributed by atoms with Crippen molar-refractivity contribution >= 4 is 0 Å². The molecule has 2 aromatic rings. The highest BCUT2D eigenvalue weighted by molar-refractivity contribution is 5.39. The number of halogens is 3. The molecule has 0 aliphatic carbocycles. The maximum atomic E-state index is 13.0. The summed E-state index contributed by atoms with van der Waals surface area (Å²) >= 11 is 0. The summed E-state index contributed by atoms with van der Waals surface area (Å²) in [5.41, 5.74) is 5.13. The number of methoxy groups -OCH3 is 1. The van der Waals surface area contributed by atoms with Crippen molar-refractivity contribution in [2.75, 3.05) is 13.7 Å². The predicted octanol–water partition coefficient (Wildman–Crippen LogP) is 3.79. The number of rotatable bonds is 5. The summed E-state index contributed by atoms with van der Waals surface area (Å²) in [6.45, 7) is -0.0898. The molecule has 0 aromatic heterocycles. The largest absolute Gasteiger partial charge is 0.493 e. The van der Waals surface area contributed by atoms with Crippen molar-refractivity contribution in [1.82, 2.24) is 0 Å². The van der Waals surface area contributed by atoms with Gasteiger partial charge in [-0.3, -0.25) is 0 Å². The molecule has 0 amide bonds. The Balaban J connectivity index is 2.15. The van der Waals surface area contributed by atoms with Crippen LogP contribution in [0.15, 0.2) is 48.5 Å². The Labute approximate surface area is 126 Å². The first kappa shape index (κ1) is 16.2. The fourth-order valence-electron chi connectivity index (χ4n) is 2.09. The molecule has 0 heterocycles. The zero-order valence-electron chi connectivity index (χ0n) is 11.9. The Morgan fingerprint density at radius 2 is 1.59 bits per heavy atom. The van der Waals surface area contributed by atoms with Crippen LogP contribution < -0.4 is 15.2 Å². The van der Waals surface area contributed by atoms with E-state index in [1.165, 1.54) is 25.3 Å². The fraction of sp³-hybridized carbons (Fsp3) is 0.250. The van der Waals surface area contributed by atoms with Crippen LogP contribution in [0.3, 0.4) is 0 Å². The molecule has 0 radical (unpaired) electrons. The maximum absolute atomic E-state index is 13.0. The third kappa shape index (κ3) is 3.71. The van der Waals surface area contributed by atoms with E-state index < -0.39 is 17.8 Å². The summed E-state index contributed by atoms with van der Waals surface area (Å²) < 4.78 is 49.5. The van der Waals surface area contributed by atoms with Gasteiger partial charge in [-0.2, -0.15) is 13.2 Å². The molecule has 0 fully saturated rings. The molecule has 2 rings (SSSR count). The lowest BCUT2D eigenvalue weighted by Gasteiger charge is -2.19. The third-order valence-electron chi connectivity index (χ3n) is 3.15. The van der Waals surface area contributed by atoms with Crippen LogP contribution in [0.25, 0.3) is 0 Å². The Morgan fingerprint density at radius 1 is 1.00 bits per heavy atom. The first-order valence-electron chi connectivity index (χ1n) is 6.61. The molecule has 1 unspecified atom stereocenters. The highest BCUT2D eigenvalue weighted by Gasteiger charge is 2.34. The molecule has 118 valence electrons. The minimum Gasteiger partial charge on any atom is -0.493 e. The average molecular weight is 311 g/mol. The van der Waals surface area contributed by atoms with E-state index in [-0.39, 0.29) is 12.2 Å². The van der Waals surface area contributed by atoms with E-state index in [1.54, 1.807) is 24.3 Å². The lowest BCUT2D eigenvalue weighted by atomic mass is 10.0. The molecular weight excluding hydrogens is 295 g/mol. The highest BCUT2D eigenvalue weighted by Crippen LogP contribution is 2.34. The Morgan fingerprint density at radius 3 is 2.23 bits per heavy atom. The molecule has 0 aliphatic heterocycles. The molecule has 2 aromatic carbocycles. The van der Waals surface area contributed by atoms with Gasteiger partial charge in [0.25, 0.3) is 0 Å². The zero-order chi connectivity index (χ0) is 16.2. The molecule has 2 N–H and O–H groups in total. The second-order valence-corrected chi connectivity index (χ2v) is 4.65. The van der Waals surface area contributed by atoms with E-state index >= 15 is 0 Å². The van der Waals surface area contributed by atoms with Crippen molar-refractivity contribution in [3.8, 4) is 11.5 Å². The number of alkyl halides is 3. The van der Waals surface area contributed by atoms with Crippen LogP contribution in [0.5, 0.6) is 11.5 Å².